The molecule has 0 spiro atoms. The number of fused-ring (bicyclic) bond motifs is 5. The van der Waals surface area contributed by atoms with Gasteiger partial charge in [0.2, 0.25) is 0 Å². The number of hydrogen-bond donors (Lipinski definition) is 2. The molecule has 2 heteroatoms. The van der Waals surface area contributed by atoms with Crippen LogP contribution in [0.1, 0.15) is 57.1 Å². The van der Waals surface area contributed by atoms with Crippen molar-refractivity contribution in [2.45, 2.75) is 58.5 Å². The Morgan fingerprint density at radius 3 is 2.68 bits per heavy atom. The van der Waals surface area contributed by atoms with Crippen molar-refractivity contribution in [2.24, 2.45) is 17.3 Å². The largest absolute Gasteiger partial charge is 0.508 e. The maximum atomic E-state index is 10.3. The van der Waals surface area contributed by atoms with Gasteiger partial charge in [0, 0.05) is 5.41 Å². The molecule has 0 aliphatic heterocycles. The van der Waals surface area contributed by atoms with Crippen molar-refractivity contribution in [2.75, 3.05) is 0 Å². The molecule has 0 amide bonds. The van der Waals surface area contributed by atoms with E-state index in [-0.39, 0.29) is 11.5 Å². The number of phenolic OH excluding ortho intramolecular Hbond substituents is 1. The Labute approximate surface area is 133 Å². The van der Waals surface area contributed by atoms with Gasteiger partial charge in [-0.2, -0.15) is 0 Å². The Hall–Kier alpha value is -1.28. The first-order valence-corrected chi connectivity index (χ1v) is 8.78. The van der Waals surface area contributed by atoms with E-state index in [4.69, 9.17) is 0 Å². The van der Waals surface area contributed by atoms with Crippen LogP contribution in [0.15, 0.2) is 30.4 Å². The molecule has 1 aromatic carbocycles. The molecule has 3 aliphatic carbocycles. The molecule has 4 rings (SSSR count). The maximum Gasteiger partial charge on any atom is 0.115 e. The fraction of sp³-hybridized carbons (Fsp3) is 0.600. The zero-order chi connectivity index (χ0) is 15.9. The zero-order valence-electron chi connectivity index (χ0n) is 13.9. The SMILES string of the molecule is CC.CC12CCC3c4ccc(O)cc4CCC3C1C=CC2O. The minimum absolute atomic E-state index is 0.0512. The fourth-order valence-corrected chi connectivity index (χ4v) is 5.00. The summed E-state index contributed by atoms with van der Waals surface area (Å²) in [4.78, 5) is 0. The minimum Gasteiger partial charge on any atom is -0.508 e. The van der Waals surface area contributed by atoms with Crippen LogP contribution in [0.2, 0.25) is 0 Å². The molecule has 5 unspecified atom stereocenters. The van der Waals surface area contributed by atoms with Gasteiger partial charge in [0.05, 0.1) is 6.10 Å². The van der Waals surface area contributed by atoms with Crippen molar-refractivity contribution in [3.05, 3.63) is 41.5 Å². The predicted molar refractivity (Wildman–Crippen MR) is 90.0 cm³/mol. The smallest absolute Gasteiger partial charge is 0.115 e. The third kappa shape index (κ3) is 2.20. The first-order chi connectivity index (χ1) is 10.6. The Balaban J connectivity index is 0.000000693. The Morgan fingerprint density at radius 1 is 1.14 bits per heavy atom. The van der Waals surface area contributed by atoms with Gasteiger partial charge in [-0.15, -0.1) is 0 Å². The zero-order valence-corrected chi connectivity index (χ0v) is 13.9. The topological polar surface area (TPSA) is 40.5 Å². The van der Waals surface area contributed by atoms with Crippen LogP contribution in [0, 0.1) is 17.3 Å². The van der Waals surface area contributed by atoms with Crippen molar-refractivity contribution < 1.29 is 10.2 Å². The van der Waals surface area contributed by atoms with E-state index in [9.17, 15) is 10.2 Å². The second kappa shape index (κ2) is 5.73. The van der Waals surface area contributed by atoms with Crippen LogP contribution in [0.3, 0.4) is 0 Å². The number of hydrogen-bond acceptors (Lipinski definition) is 2. The molecule has 0 saturated heterocycles. The highest BCUT2D eigenvalue weighted by Gasteiger charge is 2.52. The van der Waals surface area contributed by atoms with E-state index in [2.05, 4.69) is 19.1 Å². The monoisotopic (exact) mass is 300 g/mol. The molecule has 2 N–H and O–H groups in total. The Kier molecular flexibility index (Phi) is 4.07. The lowest BCUT2D eigenvalue weighted by Crippen LogP contribution is -2.44. The lowest BCUT2D eigenvalue weighted by molar-refractivity contribution is -0.0101. The molecule has 0 aromatic heterocycles. The number of allylic oxidation sites excluding steroid dienone is 1. The molecular formula is C20H28O2. The molecule has 22 heavy (non-hydrogen) atoms. The highest BCUT2D eigenvalue weighted by molar-refractivity contribution is 5.40. The van der Waals surface area contributed by atoms with Crippen LogP contribution in [0.4, 0.5) is 0 Å². The molecule has 1 aromatic rings. The second-order valence-electron chi connectivity index (χ2n) is 7.09. The number of aliphatic hydroxyl groups is 1. The van der Waals surface area contributed by atoms with Crippen LogP contribution in [-0.2, 0) is 6.42 Å². The molecule has 0 radical (unpaired) electrons. The molecule has 1 saturated carbocycles. The van der Waals surface area contributed by atoms with E-state index in [1.165, 1.54) is 17.5 Å². The molecule has 0 heterocycles. The standard InChI is InChI=1S/C18H22O2.C2H6/c1-18-9-8-14-13-5-3-12(19)10-11(13)2-4-15(14)16(18)6-7-17(18)20;1-2/h3,5-7,10,14-17,19-20H,2,4,8-9H2,1H3;1-2H3. The van der Waals surface area contributed by atoms with Gasteiger partial charge in [0.25, 0.3) is 0 Å². The van der Waals surface area contributed by atoms with Gasteiger partial charge < -0.3 is 10.2 Å². The molecule has 1 fully saturated rings. The number of rotatable bonds is 0. The number of aryl methyl sites for hydroxylation is 1. The predicted octanol–water partition coefficient (Wildman–Crippen LogP) is 4.41. The summed E-state index contributed by atoms with van der Waals surface area (Å²) < 4.78 is 0. The van der Waals surface area contributed by atoms with E-state index in [1.807, 2.05) is 32.1 Å². The van der Waals surface area contributed by atoms with E-state index in [1.54, 1.807) is 0 Å². The quantitative estimate of drug-likeness (QED) is 0.697. The van der Waals surface area contributed by atoms with Crippen LogP contribution in [-0.4, -0.2) is 16.3 Å². The van der Waals surface area contributed by atoms with Gasteiger partial charge in [-0.1, -0.05) is 39.0 Å². The number of benzene rings is 1. The molecule has 120 valence electrons. The first kappa shape index (κ1) is 15.6. The summed E-state index contributed by atoms with van der Waals surface area (Å²) in [7, 11) is 0. The van der Waals surface area contributed by atoms with Gasteiger partial charge in [0.1, 0.15) is 5.75 Å². The fourth-order valence-electron chi connectivity index (χ4n) is 5.00. The third-order valence-electron chi connectivity index (χ3n) is 6.18. The van der Waals surface area contributed by atoms with E-state index in [0.29, 0.717) is 23.5 Å². The second-order valence-corrected chi connectivity index (χ2v) is 7.09. The van der Waals surface area contributed by atoms with Crippen LogP contribution < -0.4 is 0 Å². The molecule has 5 atom stereocenters. The highest BCUT2D eigenvalue weighted by atomic mass is 16.3. The van der Waals surface area contributed by atoms with Crippen LogP contribution in [0.25, 0.3) is 0 Å². The van der Waals surface area contributed by atoms with Crippen molar-refractivity contribution >= 4 is 0 Å². The van der Waals surface area contributed by atoms with Crippen LogP contribution >= 0.6 is 0 Å². The van der Waals surface area contributed by atoms with Gasteiger partial charge in [-0.05, 0) is 66.7 Å². The van der Waals surface area contributed by atoms with Gasteiger partial charge in [0.15, 0.2) is 0 Å². The lowest BCUT2D eigenvalue weighted by atomic mass is 9.55. The number of aliphatic hydroxyl groups excluding tert-OH is 1. The average molecular weight is 300 g/mol. The van der Waals surface area contributed by atoms with Gasteiger partial charge in [-0.25, -0.2) is 0 Å². The van der Waals surface area contributed by atoms with Gasteiger partial charge in [-0.3, -0.25) is 0 Å². The molecular weight excluding hydrogens is 272 g/mol. The summed E-state index contributed by atoms with van der Waals surface area (Å²) in [5.41, 5.74) is 2.82. The van der Waals surface area contributed by atoms with E-state index < -0.39 is 0 Å². The lowest BCUT2D eigenvalue weighted by Gasteiger charge is -2.50. The number of aromatic hydroxyl groups is 1. The molecule has 3 aliphatic rings. The third-order valence-corrected chi connectivity index (χ3v) is 6.18. The Morgan fingerprint density at radius 2 is 1.91 bits per heavy atom. The normalized spacial score (nSPS) is 38.4. The average Bonchev–Trinajstić information content (AvgIpc) is 2.84. The van der Waals surface area contributed by atoms with E-state index in [0.717, 1.165) is 19.3 Å². The van der Waals surface area contributed by atoms with Crippen molar-refractivity contribution in [1.29, 1.82) is 0 Å². The minimum atomic E-state index is -0.269. The van der Waals surface area contributed by atoms with Gasteiger partial charge >= 0.3 is 0 Å². The summed E-state index contributed by atoms with van der Waals surface area (Å²) >= 11 is 0. The molecule has 0 bridgehead atoms. The van der Waals surface area contributed by atoms with Crippen LogP contribution in [0.5, 0.6) is 5.75 Å². The number of phenols is 1. The summed E-state index contributed by atoms with van der Waals surface area (Å²) in [6.07, 6.45) is 8.50. The maximum absolute atomic E-state index is 10.3. The van der Waals surface area contributed by atoms with Crippen molar-refractivity contribution in [3.63, 3.8) is 0 Å². The first-order valence-electron chi connectivity index (χ1n) is 8.78. The summed E-state index contributed by atoms with van der Waals surface area (Å²) in [6, 6.07) is 5.90. The Bertz CT molecular complexity index is 577. The molecule has 2 nitrogen and oxygen atoms in total. The van der Waals surface area contributed by atoms with E-state index >= 15 is 0 Å². The van der Waals surface area contributed by atoms with Crippen molar-refractivity contribution in [3.8, 4) is 5.75 Å². The summed E-state index contributed by atoms with van der Waals surface area (Å²) in [6.45, 7) is 6.25. The highest BCUT2D eigenvalue weighted by Crippen LogP contribution is 2.58. The summed E-state index contributed by atoms with van der Waals surface area (Å²) in [5.74, 6) is 2.16. The summed E-state index contributed by atoms with van der Waals surface area (Å²) in [5, 5.41) is 20.0. The van der Waals surface area contributed by atoms with Crippen molar-refractivity contribution in [1.82, 2.24) is 0 Å².